The van der Waals surface area contributed by atoms with Crippen molar-refractivity contribution < 1.29 is 4.74 Å². The molecule has 0 aliphatic heterocycles. The van der Waals surface area contributed by atoms with E-state index < -0.39 is 5.54 Å². The van der Waals surface area contributed by atoms with Crippen LogP contribution in [0.4, 0.5) is 0 Å². The lowest BCUT2D eigenvalue weighted by Crippen LogP contribution is -2.50. The molecule has 4 heteroatoms. The minimum Gasteiger partial charge on any atom is -0.383 e. The third-order valence-corrected chi connectivity index (χ3v) is 4.05. The molecule has 0 saturated carbocycles. The van der Waals surface area contributed by atoms with E-state index in [1.54, 1.807) is 7.11 Å². The summed E-state index contributed by atoms with van der Waals surface area (Å²) >= 11 is 0. The number of hydrogen-bond acceptors (Lipinski definition) is 4. The smallest absolute Gasteiger partial charge is 0.105 e. The van der Waals surface area contributed by atoms with E-state index in [0.29, 0.717) is 12.1 Å². The molecular formula is C16H33N3O. The third kappa shape index (κ3) is 6.21. The van der Waals surface area contributed by atoms with Crippen molar-refractivity contribution in [1.29, 1.82) is 5.26 Å². The summed E-state index contributed by atoms with van der Waals surface area (Å²) in [6.45, 7) is 13.2. The van der Waals surface area contributed by atoms with Crippen LogP contribution in [0, 0.1) is 11.3 Å². The first kappa shape index (κ1) is 19.4. The van der Waals surface area contributed by atoms with Crippen molar-refractivity contribution in [2.24, 2.45) is 0 Å². The molecule has 118 valence electrons. The maximum Gasteiger partial charge on any atom is 0.105 e. The first-order chi connectivity index (χ1) is 9.47. The summed E-state index contributed by atoms with van der Waals surface area (Å²) in [5.74, 6) is 0. The molecule has 20 heavy (non-hydrogen) atoms. The Balaban J connectivity index is 4.84. The van der Waals surface area contributed by atoms with E-state index in [0.717, 1.165) is 39.0 Å². The number of nitrogens with one attached hydrogen (secondary N) is 1. The zero-order valence-electron chi connectivity index (χ0n) is 14.2. The first-order valence-electron chi connectivity index (χ1n) is 7.88. The fourth-order valence-corrected chi connectivity index (χ4v) is 2.97. The quantitative estimate of drug-likeness (QED) is 0.633. The lowest BCUT2D eigenvalue weighted by molar-refractivity contribution is 0.0747. The zero-order chi connectivity index (χ0) is 15.6. The summed E-state index contributed by atoms with van der Waals surface area (Å²) in [6, 6.07) is 3.35. The van der Waals surface area contributed by atoms with Crippen molar-refractivity contribution in [3.63, 3.8) is 0 Å². The number of rotatable bonds is 11. The lowest BCUT2D eigenvalue weighted by Gasteiger charge is -2.38. The van der Waals surface area contributed by atoms with Crippen LogP contribution < -0.4 is 5.32 Å². The molecule has 4 nitrogen and oxygen atoms in total. The van der Waals surface area contributed by atoms with Crippen molar-refractivity contribution in [2.45, 2.75) is 71.5 Å². The minimum absolute atomic E-state index is 0.360. The Hall–Kier alpha value is -0.630. The molecule has 0 heterocycles. The summed E-state index contributed by atoms with van der Waals surface area (Å²) in [4.78, 5) is 2.50. The Morgan fingerprint density at radius 1 is 1.30 bits per heavy atom. The molecule has 0 aromatic carbocycles. The number of ether oxygens (including phenoxy) is 1. The van der Waals surface area contributed by atoms with Crippen molar-refractivity contribution in [3.8, 4) is 6.07 Å². The van der Waals surface area contributed by atoms with Gasteiger partial charge >= 0.3 is 0 Å². The van der Waals surface area contributed by atoms with E-state index in [4.69, 9.17) is 4.74 Å². The second-order valence-electron chi connectivity index (χ2n) is 5.73. The van der Waals surface area contributed by atoms with Gasteiger partial charge in [-0.25, -0.2) is 0 Å². The summed E-state index contributed by atoms with van der Waals surface area (Å²) in [6.07, 6.45) is 3.10. The molecule has 0 aromatic heterocycles. The van der Waals surface area contributed by atoms with Crippen LogP contribution in [0.5, 0.6) is 0 Å². The van der Waals surface area contributed by atoms with Crippen LogP contribution in [0.2, 0.25) is 0 Å². The van der Waals surface area contributed by atoms with Gasteiger partial charge in [0.15, 0.2) is 0 Å². The summed E-state index contributed by atoms with van der Waals surface area (Å²) in [5, 5.41) is 12.7. The normalized spacial score (nSPS) is 16.1. The van der Waals surface area contributed by atoms with Crippen molar-refractivity contribution in [2.75, 3.05) is 26.8 Å². The highest BCUT2D eigenvalue weighted by molar-refractivity contribution is 5.05. The average Bonchev–Trinajstić information content (AvgIpc) is 2.43. The van der Waals surface area contributed by atoms with Crippen molar-refractivity contribution in [3.05, 3.63) is 0 Å². The van der Waals surface area contributed by atoms with Crippen molar-refractivity contribution >= 4 is 0 Å². The maximum absolute atomic E-state index is 9.42. The highest BCUT2D eigenvalue weighted by Gasteiger charge is 2.30. The van der Waals surface area contributed by atoms with Gasteiger partial charge in [0.25, 0.3) is 0 Å². The highest BCUT2D eigenvalue weighted by Crippen LogP contribution is 2.20. The van der Waals surface area contributed by atoms with Crippen LogP contribution in [0.15, 0.2) is 0 Å². The van der Waals surface area contributed by atoms with Crippen molar-refractivity contribution in [1.82, 2.24) is 10.2 Å². The SMILES string of the molecule is CCNC(C)(C#N)CC(C)N(CCOC)C(CC)CC. The molecule has 1 N–H and O–H groups in total. The second-order valence-corrected chi connectivity index (χ2v) is 5.73. The summed E-state index contributed by atoms with van der Waals surface area (Å²) < 4.78 is 5.24. The predicted molar refractivity (Wildman–Crippen MR) is 84.7 cm³/mol. The molecule has 0 aliphatic rings. The van der Waals surface area contributed by atoms with E-state index in [-0.39, 0.29) is 0 Å². The molecule has 2 unspecified atom stereocenters. The Labute approximate surface area is 125 Å². The second kappa shape index (κ2) is 10.1. The van der Waals surface area contributed by atoms with Gasteiger partial charge in [-0.15, -0.1) is 0 Å². The van der Waals surface area contributed by atoms with E-state index in [1.807, 2.05) is 13.8 Å². The van der Waals surface area contributed by atoms with Gasteiger partial charge < -0.3 is 4.74 Å². The molecule has 0 spiro atoms. The molecule has 0 aliphatic carbocycles. The number of methoxy groups -OCH3 is 1. The van der Waals surface area contributed by atoms with Crippen LogP contribution in [-0.2, 0) is 4.74 Å². The van der Waals surface area contributed by atoms with E-state index in [1.165, 1.54) is 0 Å². The van der Waals surface area contributed by atoms with Gasteiger partial charge in [0, 0.05) is 25.7 Å². The topological polar surface area (TPSA) is 48.3 Å². The van der Waals surface area contributed by atoms with Gasteiger partial charge in [-0.2, -0.15) is 5.26 Å². The van der Waals surface area contributed by atoms with Gasteiger partial charge in [-0.3, -0.25) is 10.2 Å². The molecule has 0 radical (unpaired) electrons. The lowest BCUT2D eigenvalue weighted by atomic mass is 9.93. The van der Waals surface area contributed by atoms with Crippen LogP contribution in [0.25, 0.3) is 0 Å². The Morgan fingerprint density at radius 2 is 1.90 bits per heavy atom. The molecule has 0 rings (SSSR count). The average molecular weight is 283 g/mol. The first-order valence-corrected chi connectivity index (χ1v) is 7.88. The number of hydrogen-bond donors (Lipinski definition) is 1. The van der Waals surface area contributed by atoms with Crippen LogP contribution in [0.1, 0.15) is 53.9 Å². The summed E-state index contributed by atoms with van der Waals surface area (Å²) in [7, 11) is 1.74. The van der Waals surface area contributed by atoms with Gasteiger partial charge in [0.2, 0.25) is 0 Å². The minimum atomic E-state index is -0.453. The third-order valence-electron chi connectivity index (χ3n) is 4.05. The fourth-order valence-electron chi connectivity index (χ4n) is 2.97. The van der Waals surface area contributed by atoms with Gasteiger partial charge in [-0.1, -0.05) is 20.8 Å². The monoisotopic (exact) mass is 283 g/mol. The van der Waals surface area contributed by atoms with E-state index in [9.17, 15) is 5.26 Å². The van der Waals surface area contributed by atoms with Crippen LogP contribution in [-0.4, -0.2) is 49.3 Å². The Kier molecular flexibility index (Phi) is 9.83. The van der Waals surface area contributed by atoms with Crippen LogP contribution >= 0.6 is 0 Å². The van der Waals surface area contributed by atoms with Crippen LogP contribution in [0.3, 0.4) is 0 Å². The van der Waals surface area contributed by atoms with E-state index in [2.05, 4.69) is 37.1 Å². The molecule has 0 bridgehead atoms. The van der Waals surface area contributed by atoms with Gasteiger partial charge in [0.1, 0.15) is 5.54 Å². The Bertz CT molecular complexity index is 286. The Morgan fingerprint density at radius 3 is 2.30 bits per heavy atom. The zero-order valence-corrected chi connectivity index (χ0v) is 14.2. The highest BCUT2D eigenvalue weighted by atomic mass is 16.5. The molecule has 0 fully saturated rings. The standard InChI is InChI=1S/C16H33N3O/c1-7-15(8-2)19(10-11-20-6)14(4)12-16(5,13-17)18-9-3/h14-15,18H,7-12H2,1-6H3. The molecular weight excluding hydrogens is 250 g/mol. The van der Waals surface area contributed by atoms with Gasteiger partial charge in [-0.05, 0) is 39.7 Å². The number of nitriles is 1. The number of nitrogens with zero attached hydrogens (tertiary/aromatic N) is 2. The fraction of sp³-hybridized carbons (Fsp3) is 0.938. The predicted octanol–water partition coefficient (Wildman–Crippen LogP) is 2.79. The largest absolute Gasteiger partial charge is 0.383 e. The maximum atomic E-state index is 9.42. The molecule has 0 amide bonds. The van der Waals surface area contributed by atoms with Gasteiger partial charge in [0.05, 0.1) is 12.7 Å². The molecule has 0 saturated heterocycles. The summed E-state index contributed by atoms with van der Waals surface area (Å²) in [5.41, 5.74) is -0.453. The molecule has 0 aromatic rings. The molecule has 2 atom stereocenters. The van der Waals surface area contributed by atoms with E-state index >= 15 is 0 Å².